The predicted octanol–water partition coefficient (Wildman–Crippen LogP) is 3.70. The van der Waals surface area contributed by atoms with Crippen molar-refractivity contribution in [2.75, 3.05) is 19.6 Å². The van der Waals surface area contributed by atoms with Crippen molar-refractivity contribution >= 4 is 5.97 Å². The highest BCUT2D eigenvalue weighted by molar-refractivity contribution is 5.70. The Labute approximate surface area is 140 Å². The number of aryl methyl sites for hydroxylation is 1. The molecule has 23 heavy (non-hydrogen) atoms. The van der Waals surface area contributed by atoms with Gasteiger partial charge in [0.2, 0.25) is 0 Å². The van der Waals surface area contributed by atoms with Crippen molar-refractivity contribution < 1.29 is 9.53 Å². The highest BCUT2D eigenvalue weighted by Gasteiger charge is 2.40. The molecule has 126 valence electrons. The highest BCUT2D eigenvalue weighted by Crippen LogP contribution is 2.46. The van der Waals surface area contributed by atoms with Crippen LogP contribution in [0.2, 0.25) is 0 Å². The smallest absolute Gasteiger partial charge is 0.307 e. The zero-order valence-corrected chi connectivity index (χ0v) is 14.7. The third-order valence-corrected chi connectivity index (χ3v) is 5.33. The molecule has 3 nitrogen and oxygen atoms in total. The molecule has 1 heterocycles. The van der Waals surface area contributed by atoms with Crippen molar-refractivity contribution in [1.29, 1.82) is 0 Å². The van der Waals surface area contributed by atoms with Crippen LogP contribution >= 0.6 is 0 Å². The number of hydrogen-bond donors (Lipinski definition) is 0. The van der Waals surface area contributed by atoms with Gasteiger partial charge < -0.3 is 9.64 Å². The van der Waals surface area contributed by atoms with Crippen molar-refractivity contribution in [3.8, 4) is 0 Å². The summed E-state index contributed by atoms with van der Waals surface area (Å²) < 4.78 is 5.40. The first-order valence-electron chi connectivity index (χ1n) is 8.91. The van der Waals surface area contributed by atoms with E-state index in [-0.39, 0.29) is 11.6 Å². The van der Waals surface area contributed by atoms with Crippen LogP contribution in [0.4, 0.5) is 0 Å². The predicted molar refractivity (Wildman–Crippen MR) is 92.6 cm³/mol. The van der Waals surface area contributed by atoms with E-state index in [9.17, 15) is 4.79 Å². The average Bonchev–Trinajstić information content (AvgIpc) is 2.85. The van der Waals surface area contributed by atoms with Crippen LogP contribution in [-0.2, 0) is 21.4 Å². The second-order valence-electron chi connectivity index (χ2n) is 8.12. The SMILES string of the molecule is CC(C)(C)OC(=O)CCN1CCC2(CCc3ccccc32)CC1. The molecule has 3 heteroatoms. The van der Waals surface area contributed by atoms with E-state index in [2.05, 4.69) is 29.2 Å². The number of hydrogen-bond acceptors (Lipinski definition) is 3. The fourth-order valence-electron chi connectivity index (χ4n) is 4.13. The Morgan fingerprint density at radius 3 is 2.57 bits per heavy atom. The van der Waals surface area contributed by atoms with Gasteiger partial charge in [-0.2, -0.15) is 0 Å². The number of rotatable bonds is 3. The van der Waals surface area contributed by atoms with Gasteiger partial charge in [0.1, 0.15) is 5.60 Å². The maximum Gasteiger partial charge on any atom is 0.307 e. The molecule has 0 amide bonds. The minimum atomic E-state index is -0.378. The second kappa shape index (κ2) is 6.27. The van der Waals surface area contributed by atoms with Crippen molar-refractivity contribution in [2.45, 2.75) is 63.9 Å². The van der Waals surface area contributed by atoms with E-state index >= 15 is 0 Å². The topological polar surface area (TPSA) is 29.5 Å². The summed E-state index contributed by atoms with van der Waals surface area (Å²) >= 11 is 0. The summed E-state index contributed by atoms with van der Waals surface area (Å²) in [6.45, 7) is 8.79. The number of benzene rings is 1. The van der Waals surface area contributed by atoms with Crippen molar-refractivity contribution in [2.24, 2.45) is 0 Å². The van der Waals surface area contributed by atoms with E-state index in [4.69, 9.17) is 4.74 Å². The van der Waals surface area contributed by atoms with Gasteiger partial charge in [-0.05, 0) is 76.1 Å². The van der Waals surface area contributed by atoms with Gasteiger partial charge >= 0.3 is 5.97 Å². The molecule has 1 saturated heterocycles. The van der Waals surface area contributed by atoms with Gasteiger partial charge in [0, 0.05) is 6.54 Å². The molecule has 1 aliphatic heterocycles. The summed E-state index contributed by atoms with van der Waals surface area (Å²) in [4.78, 5) is 14.3. The second-order valence-corrected chi connectivity index (χ2v) is 8.12. The molecule has 1 aromatic carbocycles. The van der Waals surface area contributed by atoms with E-state index in [1.54, 1.807) is 11.1 Å². The summed E-state index contributed by atoms with van der Waals surface area (Å²) in [7, 11) is 0. The zero-order chi connectivity index (χ0) is 16.5. The third kappa shape index (κ3) is 3.77. The summed E-state index contributed by atoms with van der Waals surface area (Å²) in [5, 5.41) is 0. The Bertz CT molecular complexity index is 565. The number of carbonyl (C=O) groups excluding carboxylic acids is 1. The molecule has 1 fully saturated rings. The number of likely N-dealkylation sites (tertiary alicyclic amines) is 1. The molecule has 0 saturated carbocycles. The molecule has 1 spiro atoms. The summed E-state index contributed by atoms with van der Waals surface area (Å²) in [6.07, 6.45) is 5.47. The molecular formula is C20H29NO2. The van der Waals surface area contributed by atoms with Crippen molar-refractivity contribution in [1.82, 2.24) is 4.90 Å². The number of piperidine rings is 1. The zero-order valence-electron chi connectivity index (χ0n) is 14.7. The van der Waals surface area contributed by atoms with Crippen LogP contribution in [0.15, 0.2) is 24.3 Å². The number of ether oxygens (including phenoxy) is 1. The standard InChI is InChI=1S/C20H29NO2/c1-19(2,3)23-18(22)9-13-21-14-11-20(12-15-21)10-8-16-6-4-5-7-17(16)20/h4-7H,8-15H2,1-3H3. The molecule has 1 aromatic rings. The van der Waals surface area contributed by atoms with Gasteiger partial charge in [-0.3, -0.25) is 4.79 Å². The van der Waals surface area contributed by atoms with Crippen LogP contribution < -0.4 is 0 Å². The molecule has 0 radical (unpaired) electrons. The van der Waals surface area contributed by atoms with Crippen LogP contribution in [0.5, 0.6) is 0 Å². The number of fused-ring (bicyclic) bond motifs is 2. The van der Waals surface area contributed by atoms with Crippen LogP contribution in [0.25, 0.3) is 0 Å². The Kier molecular flexibility index (Phi) is 4.50. The van der Waals surface area contributed by atoms with Crippen LogP contribution in [0.3, 0.4) is 0 Å². The minimum absolute atomic E-state index is 0.0796. The Morgan fingerprint density at radius 1 is 1.17 bits per heavy atom. The molecule has 2 aliphatic rings. The highest BCUT2D eigenvalue weighted by atomic mass is 16.6. The fraction of sp³-hybridized carbons (Fsp3) is 0.650. The number of carbonyl (C=O) groups is 1. The van der Waals surface area contributed by atoms with Crippen LogP contribution in [-0.4, -0.2) is 36.1 Å². The molecule has 0 N–H and O–H groups in total. The van der Waals surface area contributed by atoms with Crippen LogP contribution in [0, 0.1) is 0 Å². The molecule has 0 aromatic heterocycles. The maximum atomic E-state index is 11.9. The van der Waals surface area contributed by atoms with Gasteiger partial charge in [0.25, 0.3) is 0 Å². The molecule has 3 rings (SSSR count). The first-order valence-corrected chi connectivity index (χ1v) is 8.91. The Balaban J connectivity index is 1.51. The monoisotopic (exact) mass is 315 g/mol. The maximum absolute atomic E-state index is 11.9. The number of nitrogens with zero attached hydrogens (tertiary/aromatic N) is 1. The van der Waals surface area contributed by atoms with E-state index in [1.165, 1.54) is 25.7 Å². The van der Waals surface area contributed by atoms with Gasteiger partial charge in [-0.25, -0.2) is 0 Å². The Hall–Kier alpha value is -1.35. The Morgan fingerprint density at radius 2 is 1.87 bits per heavy atom. The van der Waals surface area contributed by atoms with Gasteiger partial charge in [-0.15, -0.1) is 0 Å². The average molecular weight is 315 g/mol. The lowest BCUT2D eigenvalue weighted by Gasteiger charge is -2.40. The number of esters is 1. The molecule has 0 unspecified atom stereocenters. The van der Waals surface area contributed by atoms with Gasteiger partial charge in [0.05, 0.1) is 6.42 Å². The summed E-state index contributed by atoms with van der Waals surface area (Å²) in [5.41, 5.74) is 3.16. The summed E-state index contributed by atoms with van der Waals surface area (Å²) in [6, 6.07) is 8.96. The first kappa shape index (κ1) is 16.5. The normalized spacial score (nSPS) is 20.5. The minimum Gasteiger partial charge on any atom is -0.460 e. The molecule has 1 aliphatic carbocycles. The molecular weight excluding hydrogens is 286 g/mol. The first-order chi connectivity index (χ1) is 10.9. The van der Waals surface area contributed by atoms with E-state index < -0.39 is 0 Å². The van der Waals surface area contributed by atoms with Crippen LogP contribution in [0.1, 0.15) is 57.6 Å². The fourth-order valence-corrected chi connectivity index (χ4v) is 4.13. The van der Waals surface area contributed by atoms with Crippen molar-refractivity contribution in [3.63, 3.8) is 0 Å². The lowest BCUT2D eigenvalue weighted by molar-refractivity contribution is -0.155. The molecule has 0 bridgehead atoms. The lowest BCUT2D eigenvalue weighted by atomic mass is 9.74. The largest absolute Gasteiger partial charge is 0.460 e. The van der Waals surface area contributed by atoms with E-state index in [0.717, 1.165) is 19.6 Å². The summed E-state index contributed by atoms with van der Waals surface area (Å²) in [5.74, 6) is -0.0796. The van der Waals surface area contributed by atoms with Gasteiger partial charge in [-0.1, -0.05) is 24.3 Å². The quantitative estimate of drug-likeness (QED) is 0.797. The van der Waals surface area contributed by atoms with E-state index in [0.29, 0.717) is 11.8 Å². The lowest BCUT2D eigenvalue weighted by Crippen LogP contribution is -2.42. The van der Waals surface area contributed by atoms with Crippen molar-refractivity contribution in [3.05, 3.63) is 35.4 Å². The van der Waals surface area contributed by atoms with E-state index in [1.807, 2.05) is 20.8 Å². The molecule has 0 atom stereocenters. The third-order valence-electron chi connectivity index (χ3n) is 5.33. The van der Waals surface area contributed by atoms with Gasteiger partial charge in [0.15, 0.2) is 0 Å².